The minimum Gasteiger partial charge on any atom is -0.427 e. The molecular weight excluding hydrogens is 1160 g/mol. The second kappa shape index (κ2) is 32.9. The van der Waals surface area contributed by atoms with Gasteiger partial charge in [0, 0.05) is 75.3 Å². The number of quaternary nitrogens is 1. The zero-order chi connectivity index (χ0) is 65.8. The maximum atomic E-state index is 14.8. The van der Waals surface area contributed by atoms with Gasteiger partial charge in [-0.1, -0.05) is 58.0 Å². The van der Waals surface area contributed by atoms with Crippen LogP contribution in [-0.4, -0.2) is 185 Å². The molecule has 2 saturated heterocycles. The van der Waals surface area contributed by atoms with Crippen LogP contribution in [0.3, 0.4) is 0 Å². The Balaban J connectivity index is 1.26. The molecule has 16 N–H and O–H groups in total. The van der Waals surface area contributed by atoms with Gasteiger partial charge in [0.2, 0.25) is 47.3 Å². The summed E-state index contributed by atoms with van der Waals surface area (Å²) in [5, 5.41) is 33.1. The van der Waals surface area contributed by atoms with E-state index < -0.39 is 126 Å². The summed E-state index contributed by atoms with van der Waals surface area (Å²) in [4.78, 5) is 168. The number of aromatic amines is 1. The fourth-order valence-corrected chi connectivity index (χ4v) is 11.5. The number of hydrogen-bond donors (Lipinski definition) is 13. The van der Waals surface area contributed by atoms with Gasteiger partial charge < -0.3 is 74.6 Å². The van der Waals surface area contributed by atoms with Crippen molar-refractivity contribution in [2.75, 3.05) is 26.2 Å². The second-order valence-electron chi connectivity index (χ2n) is 23.8. The Kier molecular flexibility index (Phi) is 25.6. The van der Waals surface area contributed by atoms with Crippen molar-refractivity contribution in [3.63, 3.8) is 0 Å². The van der Waals surface area contributed by atoms with E-state index in [1.807, 2.05) is 13.8 Å². The number of guanidine groups is 1. The van der Waals surface area contributed by atoms with Crippen LogP contribution in [0, 0.1) is 11.8 Å². The van der Waals surface area contributed by atoms with Gasteiger partial charge >= 0.3 is 11.9 Å². The van der Waals surface area contributed by atoms with E-state index in [-0.39, 0.29) is 105 Å². The average molecular weight is 1250 g/mol. The Bertz CT molecular complexity index is 3170. The number of nitrogens with one attached hydrogen (secondary N) is 9. The van der Waals surface area contributed by atoms with Gasteiger partial charge in [-0.25, -0.2) is 14.3 Å². The van der Waals surface area contributed by atoms with Crippen LogP contribution in [0.5, 0.6) is 5.75 Å². The molecule has 0 saturated carbocycles. The van der Waals surface area contributed by atoms with E-state index in [4.69, 9.17) is 21.9 Å². The SMILES string of the molecule is CC[N+]1(C(=O)[C@H](CCCN=C(N)N)NC(=O)[C@H](CC(C)C)NC(=O)[C@@H](CC(C)C)NC(=O)[C@H](Cc2ccc(OC(C)=O)cc2)NC(=O)[C@H](CO)NC(=O)[C@H](Cc2c[nH]c3ccccc23)NC(=O)[C@H](CC2C=NC=N2)NC(=O)[C@@H]2CCC(=O)N2)CCC[C@H]1C(N)=O. The van der Waals surface area contributed by atoms with Gasteiger partial charge in [0.1, 0.15) is 60.4 Å². The molecule has 4 heterocycles. The van der Waals surface area contributed by atoms with Crippen molar-refractivity contribution in [1.82, 2.24) is 47.5 Å². The molecule has 0 aliphatic carbocycles. The Morgan fingerprint density at radius 2 is 1.31 bits per heavy atom. The van der Waals surface area contributed by atoms with E-state index in [1.54, 1.807) is 51.2 Å². The number of fused-ring (bicyclic) bond motifs is 1. The Labute approximate surface area is 521 Å². The van der Waals surface area contributed by atoms with Gasteiger partial charge in [-0.05, 0) is 80.2 Å². The molecule has 3 aliphatic heterocycles. The van der Waals surface area contributed by atoms with Crippen molar-refractivity contribution in [1.29, 1.82) is 0 Å². The summed E-state index contributed by atoms with van der Waals surface area (Å²) in [7, 11) is 0. The first kappa shape index (κ1) is 70.0. The lowest BCUT2D eigenvalue weighted by Gasteiger charge is -2.38. The lowest BCUT2D eigenvalue weighted by Crippen LogP contribution is -2.66. The molecule has 6 rings (SSSR count). The molecule has 3 aliphatic rings. The molecule has 2 fully saturated rings. The molecule has 29 heteroatoms. The molecule has 0 radical (unpaired) electrons. The standard InChI is InChI=1S/C61H86N16O13/c1-7-77(23-11-15-50(77)52(62)81)60(89)43(14-10-22-66-61(63)64)70-54(83)44(24-33(2)3)71-55(84)45(25-34(4)5)72-56(85)46(26-36-16-18-39(19-17-36)90-35(6)79)73-59(88)49(31-78)76-57(86)47(27-37-29-67-41-13-9-8-12-40(37)41)74-58(87)48(28-38-30-65-32-68-38)75-53(82)42-20-21-51(80)69-42/h8-9,12-13,16-19,29-30,32-34,38,42-50,67,78H,7,10-11,14-15,20-28,31H2,1-6H3,(H13-,62,63,64,66,69,70,71,72,73,74,75,76,80,81,82,83,84,85,86,87,88)/p+1/t38?,42-,43-,44-,45+,46-,47-,48-,49-,50-,77?/m0/s1. The maximum Gasteiger partial charge on any atom is 0.336 e. The smallest absolute Gasteiger partial charge is 0.336 e. The van der Waals surface area contributed by atoms with Crippen LogP contribution in [0.25, 0.3) is 10.9 Å². The summed E-state index contributed by atoms with van der Waals surface area (Å²) in [6.45, 7) is 9.88. The number of esters is 1. The molecule has 0 bridgehead atoms. The first-order valence-corrected chi connectivity index (χ1v) is 30.5. The number of nitrogens with zero attached hydrogens (tertiary/aromatic N) is 4. The average Bonchev–Trinajstić information content (AvgIpc) is 1.65. The highest BCUT2D eigenvalue weighted by Gasteiger charge is 2.52. The minimum absolute atomic E-state index is 0.0181. The first-order chi connectivity index (χ1) is 42.8. The predicted molar refractivity (Wildman–Crippen MR) is 332 cm³/mol. The third-order valence-electron chi connectivity index (χ3n) is 16.0. The van der Waals surface area contributed by atoms with Crippen molar-refractivity contribution in [3.8, 4) is 5.75 Å². The summed E-state index contributed by atoms with van der Waals surface area (Å²) >= 11 is 0. The zero-order valence-corrected chi connectivity index (χ0v) is 51.8. The van der Waals surface area contributed by atoms with Gasteiger partial charge in [0.25, 0.3) is 5.91 Å². The monoisotopic (exact) mass is 1250 g/mol. The number of para-hydroxylation sites is 1. The van der Waals surface area contributed by atoms with Crippen LogP contribution < -0.4 is 64.5 Å². The number of carbonyl (C=O) groups is 11. The second-order valence-corrected chi connectivity index (χ2v) is 23.8. The minimum atomic E-state index is -1.78. The molecule has 488 valence electrons. The highest BCUT2D eigenvalue weighted by Crippen LogP contribution is 2.30. The molecule has 11 atom stereocenters. The van der Waals surface area contributed by atoms with Crippen LogP contribution in [-0.2, 0) is 65.6 Å². The third kappa shape index (κ3) is 19.7. The number of carbonyl (C=O) groups excluding carboxylic acids is 11. The lowest BCUT2D eigenvalue weighted by atomic mass is 9.98. The van der Waals surface area contributed by atoms with Crippen LogP contribution in [0.4, 0.5) is 0 Å². The quantitative estimate of drug-likeness (QED) is 0.00831. The number of aromatic nitrogens is 1. The number of aliphatic imine (C=N–C) groups is 3. The number of primary amides is 1. The van der Waals surface area contributed by atoms with Crippen molar-refractivity contribution < 1.29 is 67.1 Å². The highest BCUT2D eigenvalue weighted by molar-refractivity contribution is 5.99. The van der Waals surface area contributed by atoms with Crippen molar-refractivity contribution in [2.45, 2.75) is 173 Å². The molecule has 90 heavy (non-hydrogen) atoms. The number of ether oxygens (including phenoxy) is 1. The number of aliphatic hydroxyl groups is 1. The third-order valence-corrected chi connectivity index (χ3v) is 16.0. The van der Waals surface area contributed by atoms with E-state index in [9.17, 15) is 57.8 Å². The Hall–Kier alpha value is -9.12. The van der Waals surface area contributed by atoms with E-state index >= 15 is 0 Å². The topological polar surface area (TPSA) is 444 Å². The van der Waals surface area contributed by atoms with E-state index in [0.717, 1.165) is 0 Å². The number of amides is 10. The Morgan fingerprint density at radius 3 is 1.87 bits per heavy atom. The number of likely N-dealkylation sites (N-methyl/N-ethyl adjacent to an activating group) is 1. The molecule has 10 amide bonds. The summed E-state index contributed by atoms with van der Waals surface area (Å²) in [5.41, 5.74) is 18.7. The van der Waals surface area contributed by atoms with Gasteiger partial charge in [0.15, 0.2) is 12.0 Å². The molecule has 29 nitrogen and oxygen atoms in total. The van der Waals surface area contributed by atoms with Crippen LogP contribution >= 0.6 is 0 Å². The number of aliphatic hydroxyl groups excluding tert-OH is 1. The predicted octanol–water partition coefficient (Wildman–Crippen LogP) is -1.43. The normalized spacial score (nSPS) is 19.9. The van der Waals surface area contributed by atoms with Crippen molar-refractivity contribution in [2.24, 2.45) is 44.0 Å². The van der Waals surface area contributed by atoms with E-state index in [0.29, 0.717) is 41.4 Å². The van der Waals surface area contributed by atoms with Crippen molar-refractivity contribution >= 4 is 94.5 Å². The van der Waals surface area contributed by atoms with E-state index in [1.165, 1.54) is 43.7 Å². The molecule has 0 spiro atoms. The summed E-state index contributed by atoms with van der Waals surface area (Å²) in [5.74, 6) is -8.31. The zero-order valence-electron chi connectivity index (χ0n) is 51.8. The van der Waals surface area contributed by atoms with Crippen molar-refractivity contribution in [3.05, 3.63) is 65.9 Å². The number of nitrogens with two attached hydrogens (primary N) is 3. The highest BCUT2D eigenvalue weighted by atomic mass is 16.5. The summed E-state index contributed by atoms with van der Waals surface area (Å²) in [6.07, 6.45) is 5.54. The fourth-order valence-electron chi connectivity index (χ4n) is 11.5. The largest absolute Gasteiger partial charge is 0.427 e. The number of rotatable bonds is 33. The lowest BCUT2D eigenvalue weighted by molar-refractivity contribution is -0.856. The molecule has 3 aromatic rings. The van der Waals surface area contributed by atoms with E-state index in [2.05, 4.69) is 62.5 Å². The molecular formula is C61H87N16O13+. The van der Waals surface area contributed by atoms with Gasteiger partial charge in [0.05, 0.1) is 25.7 Å². The number of H-pyrrole nitrogens is 1. The number of likely N-dealkylation sites (tertiary alicyclic amines) is 1. The molecule has 2 unspecified atom stereocenters. The van der Waals surface area contributed by atoms with Crippen LogP contribution in [0.1, 0.15) is 110 Å². The Morgan fingerprint density at radius 1 is 0.733 bits per heavy atom. The van der Waals surface area contributed by atoms with Gasteiger partial charge in [-0.3, -0.25) is 57.9 Å². The molecule has 2 aromatic carbocycles. The van der Waals surface area contributed by atoms with Gasteiger partial charge in [-0.15, -0.1) is 0 Å². The number of hydrogen-bond acceptors (Lipinski definition) is 16. The van der Waals surface area contributed by atoms with Crippen LogP contribution in [0.15, 0.2) is 69.7 Å². The van der Waals surface area contributed by atoms with Crippen LogP contribution in [0.2, 0.25) is 0 Å². The maximum absolute atomic E-state index is 14.8. The first-order valence-electron chi connectivity index (χ1n) is 30.5. The summed E-state index contributed by atoms with van der Waals surface area (Å²) in [6, 6.07) is 0.929. The fraction of sp³-hybridized carbons (Fsp3) is 0.541. The molecule has 1 aromatic heterocycles. The summed E-state index contributed by atoms with van der Waals surface area (Å²) < 4.78 is 4.92. The van der Waals surface area contributed by atoms with Gasteiger partial charge in [-0.2, -0.15) is 0 Å². The number of benzene rings is 2.